The van der Waals surface area contributed by atoms with Crippen molar-refractivity contribution in [1.82, 2.24) is 15.1 Å². The molecule has 1 fully saturated rings. The van der Waals surface area contributed by atoms with Crippen molar-refractivity contribution in [1.29, 1.82) is 0 Å². The second-order valence-corrected chi connectivity index (χ2v) is 6.93. The number of aryl methyl sites for hydroxylation is 1. The molecule has 7 heteroatoms. The van der Waals surface area contributed by atoms with Gasteiger partial charge in [-0.1, -0.05) is 11.2 Å². The molecule has 0 unspecified atom stereocenters. The topological polar surface area (TPSA) is 75.3 Å². The first-order chi connectivity index (χ1) is 11.7. The Morgan fingerprint density at radius 2 is 2.33 bits per heavy atom. The predicted octanol–water partition coefficient (Wildman–Crippen LogP) is 3.13. The van der Waals surface area contributed by atoms with Crippen molar-refractivity contribution in [2.45, 2.75) is 25.9 Å². The predicted molar refractivity (Wildman–Crippen MR) is 93.0 cm³/mol. The maximum absolute atomic E-state index is 9.91. The molecule has 4 rings (SSSR count). The number of nitrogens with zero attached hydrogens (tertiary/aromatic N) is 4. The molecule has 4 heterocycles. The van der Waals surface area contributed by atoms with Crippen LogP contribution in [0.4, 0.5) is 5.95 Å². The number of rotatable bonds is 3. The van der Waals surface area contributed by atoms with E-state index in [0.717, 1.165) is 41.2 Å². The molecule has 6 nitrogen and oxygen atoms in total. The number of aromatic nitrogens is 3. The fourth-order valence-corrected chi connectivity index (χ4v) is 3.66. The number of thiophene rings is 1. The fraction of sp³-hybridized carbons (Fsp3) is 0.353. The fourth-order valence-electron chi connectivity index (χ4n) is 2.93. The summed E-state index contributed by atoms with van der Waals surface area (Å²) in [4.78, 5) is 12.4. The van der Waals surface area contributed by atoms with Crippen LogP contribution in [0.25, 0.3) is 21.9 Å². The SMILES string of the molecule is Cc1cc(-c2cnc(N3CCC[C@@H](O)C3)nc2-c2cccs2)on1. The Balaban J connectivity index is 1.78. The zero-order chi connectivity index (χ0) is 16.5. The Morgan fingerprint density at radius 1 is 1.42 bits per heavy atom. The third-order valence-electron chi connectivity index (χ3n) is 4.10. The number of aliphatic hydroxyl groups is 1. The van der Waals surface area contributed by atoms with E-state index in [1.54, 1.807) is 17.5 Å². The number of β-amino-alcohol motifs (C(OH)–C–C–N with tert-alkyl or cyclic N) is 1. The highest BCUT2D eigenvalue weighted by Crippen LogP contribution is 2.34. The van der Waals surface area contributed by atoms with Gasteiger partial charge >= 0.3 is 0 Å². The molecule has 0 bridgehead atoms. The Kier molecular flexibility index (Phi) is 4.03. The van der Waals surface area contributed by atoms with Crippen molar-refractivity contribution in [3.63, 3.8) is 0 Å². The summed E-state index contributed by atoms with van der Waals surface area (Å²) < 4.78 is 5.41. The lowest BCUT2D eigenvalue weighted by atomic mass is 10.1. The van der Waals surface area contributed by atoms with Crippen LogP contribution in [-0.4, -0.2) is 39.4 Å². The smallest absolute Gasteiger partial charge is 0.226 e. The lowest BCUT2D eigenvalue weighted by Crippen LogP contribution is -2.39. The molecule has 3 aromatic heterocycles. The molecule has 1 atom stereocenters. The molecule has 24 heavy (non-hydrogen) atoms. The summed E-state index contributed by atoms with van der Waals surface area (Å²) in [7, 11) is 0. The van der Waals surface area contributed by atoms with E-state index < -0.39 is 0 Å². The highest BCUT2D eigenvalue weighted by atomic mass is 32.1. The van der Waals surface area contributed by atoms with Crippen molar-refractivity contribution >= 4 is 17.3 Å². The van der Waals surface area contributed by atoms with Gasteiger partial charge in [-0.25, -0.2) is 9.97 Å². The standard InChI is InChI=1S/C17H18N4O2S/c1-11-8-14(23-20-11)13-9-18-17(21-6-2-4-12(22)10-21)19-16(13)15-5-3-7-24-15/h3,5,7-9,12,22H,2,4,6,10H2,1H3/t12-/m1/s1. The molecule has 0 aromatic carbocycles. The molecular formula is C17H18N4O2S. The monoisotopic (exact) mass is 342 g/mol. The van der Waals surface area contributed by atoms with Gasteiger partial charge in [0.1, 0.15) is 0 Å². The zero-order valence-corrected chi connectivity index (χ0v) is 14.2. The van der Waals surface area contributed by atoms with Gasteiger partial charge in [-0.05, 0) is 31.2 Å². The first-order valence-corrected chi connectivity index (χ1v) is 8.86. The van der Waals surface area contributed by atoms with Gasteiger partial charge in [-0.2, -0.15) is 0 Å². The zero-order valence-electron chi connectivity index (χ0n) is 13.3. The molecule has 124 valence electrons. The highest BCUT2D eigenvalue weighted by Gasteiger charge is 2.22. The van der Waals surface area contributed by atoms with Crippen molar-refractivity contribution in [3.8, 4) is 21.9 Å². The van der Waals surface area contributed by atoms with Gasteiger partial charge in [-0.15, -0.1) is 11.3 Å². The Bertz CT molecular complexity index is 831. The molecule has 1 aliphatic rings. The Labute approximate surface area is 143 Å². The molecular weight excluding hydrogens is 324 g/mol. The molecule has 0 amide bonds. The number of anilines is 1. The maximum Gasteiger partial charge on any atom is 0.226 e. The van der Waals surface area contributed by atoms with E-state index in [2.05, 4.69) is 10.1 Å². The highest BCUT2D eigenvalue weighted by molar-refractivity contribution is 7.13. The summed E-state index contributed by atoms with van der Waals surface area (Å²) >= 11 is 1.63. The molecule has 1 N–H and O–H groups in total. The average molecular weight is 342 g/mol. The molecule has 1 aliphatic heterocycles. The van der Waals surface area contributed by atoms with E-state index in [1.165, 1.54) is 0 Å². The van der Waals surface area contributed by atoms with Gasteiger partial charge in [0.15, 0.2) is 5.76 Å². The molecule has 0 aliphatic carbocycles. The van der Waals surface area contributed by atoms with Gasteiger partial charge in [0, 0.05) is 25.4 Å². The molecule has 3 aromatic rings. The summed E-state index contributed by atoms with van der Waals surface area (Å²) in [6.45, 7) is 3.33. The summed E-state index contributed by atoms with van der Waals surface area (Å²) in [5.74, 6) is 1.32. The van der Waals surface area contributed by atoms with Crippen molar-refractivity contribution in [2.75, 3.05) is 18.0 Å². The van der Waals surface area contributed by atoms with Gasteiger partial charge in [0.2, 0.25) is 5.95 Å². The van der Waals surface area contributed by atoms with Crippen LogP contribution in [0.3, 0.4) is 0 Å². The molecule has 0 saturated carbocycles. The van der Waals surface area contributed by atoms with Crippen molar-refractivity contribution in [3.05, 3.63) is 35.5 Å². The molecule has 0 spiro atoms. The third-order valence-corrected chi connectivity index (χ3v) is 4.98. The minimum absolute atomic E-state index is 0.316. The number of hydrogen-bond acceptors (Lipinski definition) is 7. The van der Waals surface area contributed by atoms with Crippen molar-refractivity contribution < 1.29 is 9.63 Å². The maximum atomic E-state index is 9.91. The van der Waals surface area contributed by atoms with Crippen LogP contribution in [-0.2, 0) is 0 Å². The van der Waals surface area contributed by atoms with Crippen LogP contribution in [0.1, 0.15) is 18.5 Å². The van der Waals surface area contributed by atoms with Gasteiger partial charge in [0.05, 0.1) is 27.9 Å². The first-order valence-electron chi connectivity index (χ1n) is 7.98. The normalized spacial score (nSPS) is 18.1. The van der Waals surface area contributed by atoms with Crippen LogP contribution in [0.5, 0.6) is 0 Å². The summed E-state index contributed by atoms with van der Waals surface area (Å²) in [5.41, 5.74) is 2.50. The van der Waals surface area contributed by atoms with Gasteiger partial charge in [0.25, 0.3) is 0 Å². The van der Waals surface area contributed by atoms with Crippen LogP contribution in [0.2, 0.25) is 0 Å². The molecule has 0 radical (unpaired) electrons. The van der Waals surface area contributed by atoms with E-state index >= 15 is 0 Å². The minimum atomic E-state index is -0.316. The van der Waals surface area contributed by atoms with Crippen LogP contribution in [0, 0.1) is 6.92 Å². The minimum Gasteiger partial charge on any atom is -0.391 e. The summed E-state index contributed by atoms with van der Waals surface area (Å²) in [6, 6.07) is 5.93. The van der Waals surface area contributed by atoms with E-state index in [9.17, 15) is 5.11 Å². The van der Waals surface area contributed by atoms with E-state index in [1.807, 2.05) is 35.4 Å². The summed E-state index contributed by atoms with van der Waals surface area (Å²) in [5, 5.41) is 15.9. The summed E-state index contributed by atoms with van der Waals surface area (Å²) in [6.07, 6.45) is 3.26. The number of aliphatic hydroxyl groups excluding tert-OH is 1. The van der Waals surface area contributed by atoms with E-state index in [4.69, 9.17) is 9.51 Å². The Morgan fingerprint density at radius 3 is 3.04 bits per heavy atom. The largest absolute Gasteiger partial charge is 0.391 e. The second kappa shape index (κ2) is 6.33. The van der Waals surface area contributed by atoms with Crippen LogP contribution >= 0.6 is 11.3 Å². The van der Waals surface area contributed by atoms with Gasteiger partial charge in [-0.3, -0.25) is 0 Å². The Hall–Kier alpha value is -2.25. The van der Waals surface area contributed by atoms with Crippen LogP contribution < -0.4 is 4.90 Å². The van der Waals surface area contributed by atoms with E-state index in [0.29, 0.717) is 18.3 Å². The third kappa shape index (κ3) is 2.92. The second-order valence-electron chi connectivity index (χ2n) is 5.98. The average Bonchev–Trinajstić information content (AvgIpc) is 3.26. The first kappa shape index (κ1) is 15.3. The number of piperidine rings is 1. The lowest BCUT2D eigenvalue weighted by Gasteiger charge is -2.30. The van der Waals surface area contributed by atoms with Gasteiger partial charge < -0.3 is 14.5 Å². The molecule has 1 saturated heterocycles. The quantitative estimate of drug-likeness (QED) is 0.788. The van der Waals surface area contributed by atoms with E-state index in [-0.39, 0.29) is 6.10 Å². The van der Waals surface area contributed by atoms with Crippen molar-refractivity contribution in [2.24, 2.45) is 0 Å². The van der Waals surface area contributed by atoms with Crippen LogP contribution in [0.15, 0.2) is 34.3 Å². The number of hydrogen-bond donors (Lipinski definition) is 1. The lowest BCUT2D eigenvalue weighted by molar-refractivity contribution is 0.153.